The highest BCUT2D eigenvalue weighted by atomic mass is 16.5. The largest absolute Gasteiger partial charge is 0.461 e. The summed E-state index contributed by atoms with van der Waals surface area (Å²) in [6.45, 7) is 5.08. The number of rotatable bonds is 9. The summed E-state index contributed by atoms with van der Waals surface area (Å²) in [7, 11) is 0. The Balaban J connectivity index is 2.03. The standard InChI is InChI=1S/C20H25N3O3/c1-14-9-18(23-12-19(26-13-24)11-22-15(2)25)7-8-20(14)17-5-3-16(10-21)4-6-17/h3-9,13,19,23H,10-12,21H2,1-2H3,(H,22,25)/t19-/m0/s1. The molecule has 0 unspecified atom stereocenters. The molecule has 0 aliphatic heterocycles. The van der Waals surface area contributed by atoms with Crippen LogP contribution in [0.25, 0.3) is 11.1 Å². The Hall–Kier alpha value is -2.86. The van der Waals surface area contributed by atoms with Gasteiger partial charge < -0.3 is 21.1 Å². The van der Waals surface area contributed by atoms with Gasteiger partial charge in [-0.3, -0.25) is 9.59 Å². The van der Waals surface area contributed by atoms with Crippen LogP contribution in [0.15, 0.2) is 42.5 Å². The molecule has 6 heteroatoms. The summed E-state index contributed by atoms with van der Waals surface area (Å²) in [6, 6.07) is 14.3. The first-order chi connectivity index (χ1) is 12.5. The van der Waals surface area contributed by atoms with Gasteiger partial charge in [0.05, 0.1) is 13.1 Å². The van der Waals surface area contributed by atoms with E-state index in [4.69, 9.17) is 10.5 Å². The number of aryl methyl sites for hydroxylation is 1. The van der Waals surface area contributed by atoms with Crippen molar-refractivity contribution < 1.29 is 14.3 Å². The molecule has 2 aromatic rings. The van der Waals surface area contributed by atoms with Crippen LogP contribution in [0, 0.1) is 6.92 Å². The maximum absolute atomic E-state index is 11.0. The molecule has 2 aromatic carbocycles. The average Bonchev–Trinajstić information content (AvgIpc) is 2.64. The zero-order valence-electron chi connectivity index (χ0n) is 15.1. The quantitative estimate of drug-likeness (QED) is 0.600. The van der Waals surface area contributed by atoms with Crippen LogP contribution in [0.5, 0.6) is 0 Å². The minimum atomic E-state index is -0.430. The van der Waals surface area contributed by atoms with Crippen LogP contribution in [0.1, 0.15) is 18.1 Å². The van der Waals surface area contributed by atoms with Gasteiger partial charge in [-0.05, 0) is 41.3 Å². The molecular weight excluding hydrogens is 330 g/mol. The number of nitrogens with two attached hydrogens (primary N) is 1. The smallest absolute Gasteiger partial charge is 0.293 e. The third kappa shape index (κ3) is 5.60. The summed E-state index contributed by atoms with van der Waals surface area (Å²) in [5.41, 5.74) is 11.1. The van der Waals surface area contributed by atoms with E-state index in [1.54, 1.807) is 0 Å². The first-order valence-electron chi connectivity index (χ1n) is 8.51. The van der Waals surface area contributed by atoms with E-state index in [-0.39, 0.29) is 12.5 Å². The zero-order chi connectivity index (χ0) is 18.9. The third-order valence-electron chi connectivity index (χ3n) is 4.09. The molecule has 2 rings (SSSR count). The summed E-state index contributed by atoms with van der Waals surface area (Å²) < 4.78 is 4.99. The molecule has 0 aliphatic rings. The number of ether oxygens (including phenoxy) is 1. The molecule has 0 saturated heterocycles. The lowest BCUT2D eigenvalue weighted by Crippen LogP contribution is -2.36. The van der Waals surface area contributed by atoms with Crippen molar-refractivity contribution in [1.82, 2.24) is 5.32 Å². The van der Waals surface area contributed by atoms with Crippen LogP contribution in [0.2, 0.25) is 0 Å². The predicted octanol–water partition coefficient (Wildman–Crippen LogP) is 2.21. The molecule has 0 fully saturated rings. The first kappa shape index (κ1) is 19.5. The van der Waals surface area contributed by atoms with Gasteiger partial charge in [-0.2, -0.15) is 0 Å². The number of carbonyl (C=O) groups is 2. The lowest BCUT2D eigenvalue weighted by molar-refractivity contribution is -0.133. The van der Waals surface area contributed by atoms with Gasteiger partial charge in [-0.25, -0.2) is 0 Å². The molecule has 138 valence electrons. The van der Waals surface area contributed by atoms with Crippen molar-refractivity contribution in [2.24, 2.45) is 5.73 Å². The lowest BCUT2D eigenvalue weighted by Gasteiger charge is -2.17. The van der Waals surface area contributed by atoms with E-state index in [1.807, 2.05) is 31.2 Å². The molecule has 0 bridgehead atoms. The van der Waals surface area contributed by atoms with Crippen LogP contribution in [-0.4, -0.2) is 31.6 Å². The Labute approximate surface area is 153 Å². The zero-order valence-corrected chi connectivity index (χ0v) is 15.1. The Kier molecular flexibility index (Phi) is 7.17. The fourth-order valence-corrected chi connectivity index (χ4v) is 2.65. The van der Waals surface area contributed by atoms with Crippen LogP contribution in [0.4, 0.5) is 5.69 Å². The molecular formula is C20H25N3O3. The first-order valence-corrected chi connectivity index (χ1v) is 8.51. The molecule has 26 heavy (non-hydrogen) atoms. The number of hydrogen-bond acceptors (Lipinski definition) is 5. The fourth-order valence-electron chi connectivity index (χ4n) is 2.65. The minimum Gasteiger partial charge on any atom is -0.461 e. The van der Waals surface area contributed by atoms with Crippen molar-refractivity contribution in [3.63, 3.8) is 0 Å². The second kappa shape index (κ2) is 9.58. The molecule has 0 aliphatic carbocycles. The number of benzene rings is 2. The second-order valence-corrected chi connectivity index (χ2v) is 6.10. The number of nitrogens with one attached hydrogen (secondary N) is 2. The van der Waals surface area contributed by atoms with E-state index in [0.717, 1.165) is 27.9 Å². The van der Waals surface area contributed by atoms with E-state index in [2.05, 4.69) is 28.8 Å². The van der Waals surface area contributed by atoms with Crippen LogP contribution < -0.4 is 16.4 Å². The van der Waals surface area contributed by atoms with E-state index in [9.17, 15) is 9.59 Å². The van der Waals surface area contributed by atoms with Gasteiger partial charge in [0, 0.05) is 19.2 Å². The molecule has 0 spiro atoms. The molecule has 0 aromatic heterocycles. The summed E-state index contributed by atoms with van der Waals surface area (Å²) in [4.78, 5) is 21.6. The summed E-state index contributed by atoms with van der Waals surface area (Å²) in [5.74, 6) is -0.162. The van der Waals surface area contributed by atoms with Gasteiger partial charge in [0.25, 0.3) is 6.47 Å². The van der Waals surface area contributed by atoms with Gasteiger partial charge in [0.1, 0.15) is 6.10 Å². The number of carbonyl (C=O) groups excluding carboxylic acids is 2. The minimum absolute atomic E-state index is 0.162. The summed E-state index contributed by atoms with van der Waals surface area (Å²) >= 11 is 0. The van der Waals surface area contributed by atoms with E-state index in [1.165, 1.54) is 6.92 Å². The normalized spacial score (nSPS) is 11.5. The van der Waals surface area contributed by atoms with Gasteiger partial charge in [0.2, 0.25) is 5.91 Å². The highest BCUT2D eigenvalue weighted by Gasteiger charge is 2.10. The average molecular weight is 355 g/mol. The molecule has 0 saturated carbocycles. The van der Waals surface area contributed by atoms with Crippen molar-refractivity contribution in [2.45, 2.75) is 26.5 Å². The van der Waals surface area contributed by atoms with Gasteiger partial charge in [0.15, 0.2) is 0 Å². The molecule has 1 amide bonds. The predicted molar refractivity (Wildman–Crippen MR) is 103 cm³/mol. The van der Waals surface area contributed by atoms with E-state index < -0.39 is 6.10 Å². The topological polar surface area (TPSA) is 93.5 Å². The lowest BCUT2D eigenvalue weighted by atomic mass is 9.99. The second-order valence-electron chi connectivity index (χ2n) is 6.10. The summed E-state index contributed by atoms with van der Waals surface area (Å²) in [5, 5.41) is 5.89. The maximum Gasteiger partial charge on any atom is 0.293 e. The highest BCUT2D eigenvalue weighted by Crippen LogP contribution is 2.26. The SMILES string of the molecule is CC(=O)NC[C@@H](CNc1ccc(-c2ccc(CN)cc2)c(C)c1)OC=O. The molecule has 1 atom stereocenters. The fraction of sp³-hybridized carbons (Fsp3) is 0.300. The molecule has 0 heterocycles. The number of hydrogen-bond donors (Lipinski definition) is 3. The summed E-state index contributed by atoms with van der Waals surface area (Å²) in [6.07, 6.45) is -0.430. The monoisotopic (exact) mass is 355 g/mol. The van der Waals surface area contributed by atoms with Gasteiger partial charge in [-0.15, -0.1) is 0 Å². The van der Waals surface area contributed by atoms with Crippen molar-refractivity contribution >= 4 is 18.1 Å². The van der Waals surface area contributed by atoms with Gasteiger partial charge in [-0.1, -0.05) is 30.3 Å². The Morgan fingerprint density at radius 2 is 1.92 bits per heavy atom. The van der Waals surface area contributed by atoms with Crippen molar-refractivity contribution in [3.05, 3.63) is 53.6 Å². The maximum atomic E-state index is 11.0. The molecule has 0 radical (unpaired) electrons. The van der Waals surface area contributed by atoms with Crippen LogP contribution >= 0.6 is 0 Å². The van der Waals surface area contributed by atoms with E-state index >= 15 is 0 Å². The van der Waals surface area contributed by atoms with Crippen molar-refractivity contribution in [3.8, 4) is 11.1 Å². The van der Waals surface area contributed by atoms with E-state index in [0.29, 0.717) is 19.6 Å². The Bertz CT molecular complexity index is 744. The van der Waals surface area contributed by atoms with Gasteiger partial charge >= 0.3 is 0 Å². The molecule has 4 N–H and O–H groups in total. The highest BCUT2D eigenvalue weighted by molar-refractivity contribution is 5.73. The van der Waals surface area contributed by atoms with Crippen molar-refractivity contribution in [2.75, 3.05) is 18.4 Å². The van der Waals surface area contributed by atoms with Crippen LogP contribution in [-0.2, 0) is 20.9 Å². The van der Waals surface area contributed by atoms with Crippen LogP contribution in [0.3, 0.4) is 0 Å². The van der Waals surface area contributed by atoms with Crippen molar-refractivity contribution in [1.29, 1.82) is 0 Å². The molecule has 6 nitrogen and oxygen atoms in total. The number of anilines is 1. The number of amides is 1. The Morgan fingerprint density at radius 3 is 2.50 bits per heavy atom. The Morgan fingerprint density at radius 1 is 1.19 bits per heavy atom. The third-order valence-corrected chi connectivity index (χ3v) is 4.09.